The van der Waals surface area contributed by atoms with Crippen molar-refractivity contribution in [3.05, 3.63) is 0 Å². The lowest BCUT2D eigenvalue weighted by molar-refractivity contribution is -0.887. The van der Waals surface area contributed by atoms with Gasteiger partial charge < -0.3 is 23.8 Å². The number of quaternary nitrogens is 1. The molecule has 2 unspecified atom stereocenters. The van der Waals surface area contributed by atoms with Crippen molar-refractivity contribution >= 4 is 17.9 Å². The first-order valence-electron chi connectivity index (χ1n) is 13.1. The van der Waals surface area contributed by atoms with Gasteiger partial charge in [0.25, 0.3) is 0 Å². The van der Waals surface area contributed by atoms with Gasteiger partial charge >= 0.3 is 17.9 Å². The highest BCUT2D eigenvalue weighted by molar-refractivity contribution is 5.72. The van der Waals surface area contributed by atoms with E-state index in [1.54, 1.807) is 0 Å². The average Bonchev–Trinajstić information content (AvgIpc) is 2.75. The van der Waals surface area contributed by atoms with E-state index in [-0.39, 0.29) is 36.2 Å². The monoisotopic (exact) mass is 488 g/mol. The number of carbonyl (C=O) groups excluding carboxylic acids is 2. The minimum Gasteiger partial charge on any atom is -0.477 e. The molecule has 0 radical (unpaired) electrons. The molecule has 0 saturated heterocycles. The number of rotatable bonds is 22. The molecule has 1 N–H and O–H groups in total. The quantitative estimate of drug-likeness (QED) is 0.134. The second-order valence-corrected chi connectivity index (χ2v) is 9.96. The Labute approximate surface area is 206 Å². The second-order valence-electron chi connectivity index (χ2n) is 9.96. The number of hydrogen-bond acceptors (Lipinski definition) is 6. The zero-order valence-corrected chi connectivity index (χ0v) is 22.3. The third kappa shape index (κ3) is 17.8. The lowest BCUT2D eigenvalue weighted by Crippen LogP contribution is -2.50. The van der Waals surface area contributed by atoms with Gasteiger partial charge in [-0.25, -0.2) is 4.79 Å². The van der Waals surface area contributed by atoms with Gasteiger partial charge in [0.15, 0.2) is 12.1 Å². The van der Waals surface area contributed by atoms with Gasteiger partial charge in [0.05, 0.1) is 34.4 Å². The van der Waals surface area contributed by atoms with Crippen LogP contribution in [0.1, 0.15) is 97.3 Å². The Hall–Kier alpha value is -1.67. The van der Waals surface area contributed by atoms with E-state index in [9.17, 15) is 19.5 Å². The number of nitrogens with zero attached hydrogens (tertiary/aromatic N) is 1. The number of hydrogen-bond donors (Lipinski definition) is 1. The lowest BCUT2D eigenvalue weighted by Gasteiger charge is -2.31. The number of unbranched alkanes of at least 4 members (excludes halogenated alkanes) is 8. The minimum absolute atomic E-state index is 0.0486. The molecule has 0 saturated carbocycles. The molecule has 0 aromatic heterocycles. The molecular weight excluding hydrogens is 438 g/mol. The van der Waals surface area contributed by atoms with Crippen molar-refractivity contribution in [3.8, 4) is 0 Å². The van der Waals surface area contributed by atoms with E-state index >= 15 is 0 Å². The van der Waals surface area contributed by atoms with Crippen LogP contribution in [0.5, 0.6) is 0 Å². The van der Waals surface area contributed by atoms with Gasteiger partial charge in [-0.15, -0.1) is 0 Å². The van der Waals surface area contributed by atoms with Crippen LogP contribution in [0.15, 0.2) is 0 Å². The van der Waals surface area contributed by atoms with Crippen LogP contribution >= 0.6 is 0 Å². The predicted molar refractivity (Wildman–Crippen MR) is 132 cm³/mol. The largest absolute Gasteiger partial charge is 0.477 e. The number of ether oxygens (including phenoxy) is 3. The Morgan fingerprint density at radius 1 is 0.765 bits per heavy atom. The first kappa shape index (κ1) is 32.3. The van der Waals surface area contributed by atoms with Crippen LogP contribution in [0.4, 0.5) is 0 Å². The van der Waals surface area contributed by atoms with Gasteiger partial charge in [-0.05, 0) is 12.8 Å². The lowest BCUT2D eigenvalue weighted by atomic mass is 10.1. The number of esters is 2. The van der Waals surface area contributed by atoms with E-state index in [1.807, 2.05) is 21.1 Å². The summed E-state index contributed by atoms with van der Waals surface area (Å²) in [6.07, 6.45) is 10.7. The zero-order valence-electron chi connectivity index (χ0n) is 22.3. The molecule has 0 aliphatic heterocycles. The minimum atomic E-state index is -0.880. The Kier molecular flexibility index (Phi) is 18.7. The summed E-state index contributed by atoms with van der Waals surface area (Å²) in [6, 6.07) is -0.602. The molecule has 0 aliphatic rings. The fourth-order valence-corrected chi connectivity index (χ4v) is 3.62. The summed E-state index contributed by atoms with van der Waals surface area (Å²) in [4.78, 5) is 35.8. The fourth-order valence-electron chi connectivity index (χ4n) is 3.62. The topological polar surface area (TPSA) is 99.1 Å². The standard InChI is InChI=1S/C26H49NO7/c1-6-8-10-12-14-16-24(28)33-21-22(34-25(29)17-15-13-11-9-7-2)20-32-19-18-23(26(30)31)27(3,4)5/h22-23H,6-21H2,1-5H3/p+1. The van der Waals surface area contributed by atoms with Gasteiger partial charge in [-0.1, -0.05) is 65.2 Å². The Bertz CT molecular complexity index is 560. The van der Waals surface area contributed by atoms with Crippen molar-refractivity contribution in [2.75, 3.05) is 41.0 Å². The van der Waals surface area contributed by atoms with Crippen LogP contribution in [-0.2, 0) is 28.6 Å². The maximum absolute atomic E-state index is 12.3. The molecule has 0 amide bonds. The van der Waals surface area contributed by atoms with Crippen LogP contribution < -0.4 is 0 Å². The first-order chi connectivity index (χ1) is 16.1. The van der Waals surface area contributed by atoms with E-state index < -0.39 is 18.1 Å². The van der Waals surface area contributed by atoms with E-state index in [2.05, 4.69) is 13.8 Å². The molecule has 0 aromatic carbocycles. The molecule has 34 heavy (non-hydrogen) atoms. The Balaban J connectivity index is 4.57. The highest BCUT2D eigenvalue weighted by Gasteiger charge is 2.31. The maximum Gasteiger partial charge on any atom is 0.362 e. The van der Waals surface area contributed by atoms with Gasteiger partial charge in [0.2, 0.25) is 0 Å². The van der Waals surface area contributed by atoms with Crippen LogP contribution in [0.25, 0.3) is 0 Å². The van der Waals surface area contributed by atoms with Crippen molar-refractivity contribution in [3.63, 3.8) is 0 Å². The highest BCUT2D eigenvalue weighted by Crippen LogP contribution is 2.11. The number of carboxylic acid groups (broad SMARTS) is 1. The predicted octanol–water partition coefficient (Wildman–Crippen LogP) is 4.73. The molecule has 8 heteroatoms. The van der Waals surface area contributed by atoms with E-state index in [0.29, 0.717) is 19.3 Å². The van der Waals surface area contributed by atoms with E-state index in [0.717, 1.165) is 57.8 Å². The molecule has 0 heterocycles. The summed E-state index contributed by atoms with van der Waals surface area (Å²) in [5, 5.41) is 9.44. The number of aliphatic carboxylic acids is 1. The van der Waals surface area contributed by atoms with Crippen molar-refractivity contribution in [1.82, 2.24) is 0 Å². The van der Waals surface area contributed by atoms with Gasteiger partial charge in [0.1, 0.15) is 6.61 Å². The summed E-state index contributed by atoms with van der Waals surface area (Å²) in [6.45, 7) is 4.52. The third-order valence-corrected chi connectivity index (χ3v) is 5.76. The Morgan fingerprint density at radius 2 is 1.29 bits per heavy atom. The van der Waals surface area contributed by atoms with Gasteiger partial charge in [-0.2, -0.15) is 0 Å². The number of likely N-dealkylation sites (N-methyl/N-ethyl adjacent to an activating group) is 1. The van der Waals surface area contributed by atoms with Crippen LogP contribution in [0.3, 0.4) is 0 Å². The molecule has 0 bridgehead atoms. The van der Waals surface area contributed by atoms with E-state index in [1.165, 1.54) is 6.42 Å². The molecule has 0 aliphatic carbocycles. The maximum atomic E-state index is 12.3. The van der Waals surface area contributed by atoms with Crippen LogP contribution in [0, 0.1) is 0 Å². The molecule has 0 fully saturated rings. The van der Waals surface area contributed by atoms with Crippen molar-refractivity contribution < 1.29 is 38.2 Å². The molecule has 0 rings (SSSR count). The number of carbonyl (C=O) groups is 3. The summed E-state index contributed by atoms with van der Waals surface area (Å²) < 4.78 is 16.8. The van der Waals surface area contributed by atoms with Crippen molar-refractivity contribution in [1.29, 1.82) is 0 Å². The third-order valence-electron chi connectivity index (χ3n) is 5.76. The fraction of sp³-hybridized carbons (Fsp3) is 0.885. The molecule has 2 atom stereocenters. The zero-order chi connectivity index (χ0) is 25.8. The first-order valence-corrected chi connectivity index (χ1v) is 13.1. The van der Waals surface area contributed by atoms with Crippen LogP contribution in [-0.4, -0.2) is 80.6 Å². The normalized spacial score (nSPS) is 13.3. The molecule has 0 aromatic rings. The van der Waals surface area contributed by atoms with Gasteiger partial charge in [0, 0.05) is 19.3 Å². The smallest absolute Gasteiger partial charge is 0.362 e. The average molecular weight is 489 g/mol. The summed E-state index contributed by atoms with van der Waals surface area (Å²) >= 11 is 0. The SMILES string of the molecule is CCCCCCCC(=O)OCC(COCCC(C(=O)O)[N+](C)(C)C)OC(=O)CCCCCCC. The van der Waals surface area contributed by atoms with Gasteiger partial charge in [-0.3, -0.25) is 9.59 Å². The Morgan fingerprint density at radius 3 is 1.79 bits per heavy atom. The van der Waals surface area contributed by atoms with Crippen LogP contribution in [0.2, 0.25) is 0 Å². The second kappa shape index (κ2) is 19.6. The number of carboxylic acids is 1. The summed E-state index contributed by atoms with van der Waals surface area (Å²) in [5.74, 6) is -1.50. The molecule has 200 valence electrons. The summed E-state index contributed by atoms with van der Waals surface area (Å²) in [7, 11) is 5.47. The molecule has 0 spiro atoms. The molecular formula is C26H50NO7+. The summed E-state index contributed by atoms with van der Waals surface area (Å²) in [5.41, 5.74) is 0. The molecule has 8 nitrogen and oxygen atoms in total. The highest BCUT2D eigenvalue weighted by atomic mass is 16.6. The van der Waals surface area contributed by atoms with E-state index in [4.69, 9.17) is 14.2 Å². The van der Waals surface area contributed by atoms with Crippen molar-refractivity contribution in [2.24, 2.45) is 0 Å². The van der Waals surface area contributed by atoms with Crippen molar-refractivity contribution in [2.45, 2.75) is 109 Å².